The Bertz CT molecular complexity index is 487. The number of nitrogens with zero attached hydrogens (tertiary/aromatic N) is 2. The minimum absolute atomic E-state index is 0.257. The van der Waals surface area contributed by atoms with Crippen LogP contribution >= 0.6 is 34.5 Å². The molecule has 16 heavy (non-hydrogen) atoms. The number of rotatable bonds is 3. The van der Waals surface area contributed by atoms with E-state index in [1.807, 2.05) is 5.38 Å². The van der Waals surface area contributed by atoms with E-state index in [0.29, 0.717) is 22.4 Å². The standard InChI is InChI=1S/C9H8Cl2N4S/c10-5-3-6(11)9(15-8(5)12)14-4-7-13-1-2-16-7/h1-3H,4H2,(H3,12,14,15). The molecule has 0 spiro atoms. The summed E-state index contributed by atoms with van der Waals surface area (Å²) in [5.74, 6) is 0.770. The third-order valence-electron chi connectivity index (χ3n) is 1.85. The van der Waals surface area contributed by atoms with Crippen molar-refractivity contribution in [1.82, 2.24) is 9.97 Å². The zero-order chi connectivity index (χ0) is 11.5. The van der Waals surface area contributed by atoms with E-state index in [1.54, 1.807) is 23.6 Å². The Morgan fingerprint density at radius 1 is 1.38 bits per heavy atom. The predicted octanol–water partition coefficient (Wildman–Crippen LogP) is 3.04. The molecule has 0 amide bonds. The molecule has 0 aromatic carbocycles. The molecule has 0 bridgehead atoms. The fraction of sp³-hybridized carbons (Fsp3) is 0.111. The molecule has 4 nitrogen and oxygen atoms in total. The summed E-state index contributed by atoms with van der Waals surface area (Å²) < 4.78 is 0. The number of aromatic nitrogens is 2. The first-order valence-electron chi connectivity index (χ1n) is 4.40. The van der Waals surface area contributed by atoms with Crippen LogP contribution in [0.5, 0.6) is 0 Å². The summed E-state index contributed by atoms with van der Waals surface area (Å²) in [6.45, 7) is 0.561. The number of anilines is 2. The van der Waals surface area contributed by atoms with Crippen molar-refractivity contribution in [3.8, 4) is 0 Å². The Labute approximate surface area is 106 Å². The Morgan fingerprint density at radius 3 is 2.88 bits per heavy atom. The minimum atomic E-state index is 0.257. The lowest BCUT2D eigenvalue weighted by atomic mass is 10.4. The Kier molecular flexibility index (Phi) is 3.48. The van der Waals surface area contributed by atoms with E-state index >= 15 is 0 Å². The van der Waals surface area contributed by atoms with E-state index in [-0.39, 0.29) is 5.82 Å². The summed E-state index contributed by atoms with van der Waals surface area (Å²) >= 11 is 13.3. The molecular weight excluding hydrogens is 267 g/mol. The van der Waals surface area contributed by atoms with Gasteiger partial charge in [0.25, 0.3) is 0 Å². The van der Waals surface area contributed by atoms with Gasteiger partial charge in [0.2, 0.25) is 0 Å². The maximum Gasteiger partial charge on any atom is 0.147 e. The van der Waals surface area contributed by atoms with Gasteiger partial charge in [0.1, 0.15) is 16.6 Å². The number of nitrogens with two attached hydrogens (primary N) is 1. The van der Waals surface area contributed by atoms with E-state index in [1.165, 1.54) is 0 Å². The van der Waals surface area contributed by atoms with Crippen LogP contribution in [0, 0.1) is 0 Å². The lowest BCUT2D eigenvalue weighted by Gasteiger charge is -2.07. The number of nitrogen functional groups attached to an aromatic ring is 1. The molecule has 2 heterocycles. The molecular formula is C9H8Cl2N4S. The SMILES string of the molecule is Nc1nc(NCc2nccs2)c(Cl)cc1Cl. The van der Waals surface area contributed by atoms with E-state index in [0.717, 1.165) is 5.01 Å². The highest BCUT2D eigenvalue weighted by molar-refractivity contribution is 7.09. The second kappa shape index (κ2) is 4.86. The van der Waals surface area contributed by atoms with Crippen LogP contribution < -0.4 is 11.1 Å². The predicted molar refractivity (Wildman–Crippen MR) is 68.1 cm³/mol. The van der Waals surface area contributed by atoms with Crippen LogP contribution in [-0.2, 0) is 6.54 Å². The molecule has 0 atom stereocenters. The van der Waals surface area contributed by atoms with Crippen molar-refractivity contribution < 1.29 is 0 Å². The molecule has 0 aliphatic heterocycles. The Morgan fingerprint density at radius 2 is 2.19 bits per heavy atom. The van der Waals surface area contributed by atoms with E-state index in [4.69, 9.17) is 28.9 Å². The molecule has 2 rings (SSSR count). The third kappa shape index (κ3) is 2.55. The van der Waals surface area contributed by atoms with Crippen molar-refractivity contribution in [2.24, 2.45) is 0 Å². The number of halogens is 2. The summed E-state index contributed by atoms with van der Waals surface area (Å²) in [5, 5.41) is 6.70. The average molecular weight is 275 g/mol. The van der Waals surface area contributed by atoms with Crippen molar-refractivity contribution in [3.05, 3.63) is 32.7 Å². The average Bonchev–Trinajstić information content (AvgIpc) is 2.74. The first kappa shape index (κ1) is 11.4. The second-order valence-electron chi connectivity index (χ2n) is 2.97. The number of pyridine rings is 1. The summed E-state index contributed by atoms with van der Waals surface area (Å²) in [4.78, 5) is 8.18. The van der Waals surface area contributed by atoms with Gasteiger partial charge in [-0.2, -0.15) is 0 Å². The van der Waals surface area contributed by atoms with Crippen LogP contribution in [0.1, 0.15) is 5.01 Å². The van der Waals surface area contributed by atoms with Gasteiger partial charge in [0.15, 0.2) is 0 Å². The van der Waals surface area contributed by atoms with Gasteiger partial charge in [-0.05, 0) is 6.07 Å². The van der Waals surface area contributed by atoms with E-state index < -0.39 is 0 Å². The summed E-state index contributed by atoms with van der Waals surface area (Å²) in [6, 6.07) is 1.57. The maximum absolute atomic E-state index is 5.96. The zero-order valence-electron chi connectivity index (χ0n) is 8.08. The molecule has 3 N–H and O–H groups in total. The fourth-order valence-corrected chi connectivity index (χ4v) is 2.09. The summed E-state index contributed by atoms with van der Waals surface area (Å²) in [6.07, 6.45) is 1.74. The number of hydrogen-bond donors (Lipinski definition) is 2. The molecule has 2 aromatic rings. The first-order chi connectivity index (χ1) is 7.66. The van der Waals surface area contributed by atoms with Gasteiger partial charge >= 0.3 is 0 Å². The largest absolute Gasteiger partial charge is 0.382 e. The normalized spacial score (nSPS) is 10.4. The van der Waals surface area contributed by atoms with Crippen molar-refractivity contribution in [1.29, 1.82) is 0 Å². The zero-order valence-corrected chi connectivity index (χ0v) is 10.4. The highest BCUT2D eigenvalue weighted by Gasteiger charge is 2.07. The number of nitrogens with one attached hydrogen (secondary N) is 1. The van der Waals surface area contributed by atoms with Gasteiger partial charge in [-0.15, -0.1) is 11.3 Å². The van der Waals surface area contributed by atoms with Crippen molar-refractivity contribution >= 4 is 46.2 Å². The topological polar surface area (TPSA) is 63.8 Å². The van der Waals surface area contributed by atoms with Crippen molar-refractivity contribution in [2.45, 2.75) is 6.54 Å². The molecule has 0 aliphatic carbocycles. The van der Waals surface area contributed by atoms with Gasteiger partial charge in [-0.25, -0.2) is 9.97 Å². The molecule has 0 aliphatic rings. The number of thiazole rings is 1. The van der Waals surface area contributed by atoms with Crippen LogP contribution in [0.15, 0.2) is 17.6 Å². The van der Waals surface area contributed by atoms with Gasteiger partial charge < -0.3 is 11.1 Å². The summed E-state index contributed by atoms with van der Waals surface area (Å²) in [5.41, 5.74) is 5.58. The molecule has 84 valence electrons. The van der Waals surface area contributed by atoms with Gasteiger partial charge in [0.05, 0.1) is 16.6 Å². The monoisotopic (exact) mass is 274 g/mol. The third-order valence-corrected chi connectivity index (χ3v) is 3.22. The van der Waals surface area contributed by atoms with E-state index in [9.17, 15) is 0 Å². The highest BCUT2D eigenvalue weighted by atomic mass is 35.5. The van der Waals surface area contributed by atoms with E-state index in [2.05, 4.69) is 15.3 Å². The quantitative estimate of drug-likeness (QED) is 0.903. The molecule has 0 fully saturated rings. The van der Waals surface area contributed by atoms with Crippen LogP contribution in [0.25, 0.3) is 0 Å². The van der Waals surface area contributed by atoms with Crippen molar-refractivity contribution in [3.63, 3.8) is 0 Å². The smallest absolute Gasteiger partial charge is 0.147 e. The lowest BCUT2D eigenvalue weighted by Crippen LogP contribution is -2.03. The lowest BCUT2D eigenvalue weighted by molar-refractivity contribution is 1.08. The fourth-order valence-electron chi connectivity index (χ4n) is 1.10. The molecule has 0 unspecified atom stereocenters. The van der Waals surface area contributed by atoms with Crippen LogP contribution in [0.3, 0.4) is 0 Å². The second-order valence-corrected chi connectivity index (χ2v) is 4.76. The molecule has 0 saturated carbocycles. The van der Waals surface area contributed by atoms with Gasteiger partial charge in [-0.3, -0.25) is 0 Å². The Balaban J connectivity index is 2.12. The van der Waals surface area contributed by atoms with Gasteiger partial charge in [-0.1, -0.05) is 23.2 Å². The number of hydrogen-bond acceptors (Lipinski definition) is 5. The molecule has 2 aromatic heterocycles. The van der Waals surface area contributed by atoms with Gasteiger partial charge in [0, 0.05) is 11.6 Å². The van der Waals surface area contributed by atoms with Crippen molar-refractivity contribution in [2.75, 3.05) is 11.1 Å². The molecule has 0 radical (unpaired) electrons. The maximum atomic E-state index is 5.96. The van der Waals surface area contributed by atoms with Crippen LogP contribution in [0.4, 0.5) is 11.6 Å². The van der Waals surface area contributed by atoms with Crippen LogP contribution in [-0.4, -0.2) is 9.97 Å². The Hall–Kier alpha value is -1.04. The van der Waals surface area contributed by atoms with Crippen LogP contribution in [0.2, 0.25) is 10.0 Å². The minimum Gasteiger partial charge on any atom is -0.382 e. The summed E-state index contributed by atoms with van der Waals surface area (Å²) in [7, 11) is 0. The molecule has 0 saturated heterocycles. The first-order valence-corrected chi connectivity index (χ1v) is 6.04. The molecule has 7 heteroatoms. The highest BCUT2D eigenvalue weighted by Crippen LogP contribution is 2.27.